The van der Waals surface area contributed by atoms with Crippen molar-refractivity contribution < 1.29 is 67.0 Å². The lowest BCUT2D eigenvalue weighted by atomic mass is 10.1. The molecule has 0 aliphatic carbocycles. The third kappa shape index (κ3) is 17.6. The second-order valence-electron chi connectivity index (χ2n) is 18.6. The first-order valence-corrected chi connectivity index (χ1v) is 24.9. The molecule has 3 atom stereocenters. The number of nitro benzene ring substituents is 1. The number of carbonyl (C=O) groups is 9. The monoisotopic (exact) mass is 1140 g/mol. The molecule has 24 nitrogen and oxygen atoms in total. The number of esters is 2. The molecule has 3 aliphatic heterocycles. The molecule has 3 aromatic carbocycles. The quantitative estimate of drug-likeness (QED) is 0.0600. The van der Waals surface area contributed by atoms with Crippen molar-refractivity contribution in [1.82, 2.24) is 0 Å². The molecule has 6 rings (SSSR count). The Morgan fingerprint density at radius 3 is 1.25 bits per heavy atom. The zero-order valence-electron chi connectivity index (χ0n) is 45.4. The van der Waals surface area contributed by atoms with Gasteiger partial charge in [0.2, 0.25) is 23.6 Å². The summed E-state index contributed by atoms with van der Waals surface area (Å²) in [5.74, 6) is -1.78. The van der Waals surface area contributed by atoms with Gasteiger partial charge in [0.05, 0.1) is 80.0 Å². The molecular weight excluding hydrogens is 1070 g/mol. The van der Waals surface area contributed by atoms with Crippen molar-refractivity contribution in [3.63, 3.8) is 0 Å². The minimum Gasteiger partial charge on any atom is -0.446 e. The molecule has 0 fully saturated rings. The molecule has 7 amide bonds. The highest BCUT2D eigenvalue weighted by Crippen LogP contribution is 2.43. The maximum Gasteiger partial charge on any atom is 0.414 e. The van der Waals surface area contributed by atoms with Crippen LogP contribution in [0.15, 0.2) is 53.0 Å². The molecule has 0 saturated heterocycles. The number of rotatable bonds is 5. The molecule has 0 saturated carbocycles. The Morgan fingerprint density at radius 1 is 0.571 bits per heavy atom. The van der Waals surface area contributed by atoms with Gasteiger partial charge in [0.15, 0.2) is 0 Å². The topological polar surface area (TPSA) is 291 Å². The summed E-state index contributed by atoms with van der Waals surface area (Å²) >= 11 is 3.15. The first-order valence-electron chi connectivity index (χ1n) is 24.1. The molecular formula is C52H72BrN9O15. The van der Waals surface area contributed by atoms with Crippen LogP contribution >= 0.6 is 15.9 Å². The number of fused-ring (bicyclic) bond motifs is 3. The Morgan fingerprint density at radius 2 is 0.922 bits per heavy atom. The summed E-state index contributed by atoms with van der Waals surface area (Å²) in [6.07, 6.45) is -2.15. The number of hydrogen-bond acceptors (Lipinski definition) is 16. The average Bonchev–Trinajstić information content (AvgIpc) is 3.26. The number of carbonyl (C=O) groups excluding carboxylic acids is 9. The van der Waals surface area contributed by atoms with Gasteiger partial charge in [-0.05, 0) is 121 Å². The van der Waals surface area contributed by atoms with Crippen LogP contribution in [0.2, 0.25) is 0 Å². The van der Waals surface area contributed by atoms with Crippen LogP contribution in [0.25, 0.3) is 0 Å². The lowest BCUT2D eigenvalue weighted by molar-refractivity contribution is -0.385. The summed E-state index contributed by atoms with van der Waals surface area (Å²) in [5.41, 5.74) is 9.92. The van der Waals surface area contributed by atoms with E-state index in [2.05, 4.69) is 26.0 Å². The number of amides is 7. The Hall–Kier alpha value is -7.83. The summed E-state index contributed by atoms with van der Waals surface area (Å²) in [4.78, 5) is 124. The van der Waals surface area contributed by atoms with Gasteiger partial charge in [-0.15, -0.1) is 0 Å². The van der Waals surface area contributed by atoms with E-state index in [-0.39, 0.29) is 84.2 Å². The van der Waals surface area contributed by atoms with Crippen LogP contribution in [-0.2, 0) is 47.7 Å². The van der Waals surface area contributed by atoms with Crippen molar-refractivity contribution in [2.45, 2.75) is 148 Å². The van der Waals surface area contributed by atoms with E-state index in [4.69, 9.17) is 19.9 Å². The Bertz CT molecular complexity index is 2710. The molecule has 0 bridgehead atoms. The largest absolute Gasteiger partial charge is 0.446 e. The number of ether oxygens (including phenoxy) is 4. The molecule has 77 heavy (non-hydrogen) atoms. The van der Waals surface area contributed by atoms with Gasteiger partial charge in [-0.3, -0.25) is 53.6 Å². The SMILES string of the molecule is C.CC(=O)N1c2cc(N)ccc2N(C(=O)OC(C)C)C[C@@H]1C.CC(=O)N1c2cc([N+](=O)[O-])c(Br)cc2N(C(=O)OC(C)C)C[C@@H]1C.CC(=O)Nc1ccc2c(c1)N(C(C)=O)[C@@H](C)CN2C(=O)OC(C)C.CC(=O)OC(C)=O. The number of nitrogen functional groups attached to an aromatic ring is 1. The number of nitro groups is 1. The van der Waals surface area contributed by atoms with E-state index in [9.17, 15) is 53.3 Å². The van der Waals surface area contributed by atoms with Gasteiger partial charge in [-0.1, -0.05) is 7.43 Å². The van der Waals surface area contributed by atoms with Crippen molar-refractivity contribution >= 4 is 121 Å². The highest BCUT2D eigenvalue weighted by atomic mass is 79.9. The first kappa shape index (κ1) is 65.3. The predicted molar refractivity (Wildman–Crippen MR) is 296 cm³/mol. The van der Waals surface area contributed by atoms with E-state index in [1.54, 1.807) is 99.6 Å². The summed E-state index contributed by atoms with van der Waals surface area (Å²) < 4.78 is 20.0. The van der Waals surface area contributed by atoms with Crippen molar-refractivity contribution in [2.24, 2.45) is 0 Å². The fraction of sp³-hybridized carbons (Fsp3) is 0.481. The summed E-state index contributed by atoms with van der Waals surface area (Å²) in [6, 6.07) is 12.4. The van der Waals surface area contributed by atoms with Gasteiger partial charge in [0.1, 0.15) is 0 Å². The van der Waals surface area contributed by atoms with Gasteiger partial charge in [0.25, 0.3) is 5.69 Å². The van der Waals surface area contributed by atoms with Crippen molar-refractivity contribution in [3.8, 4) is 0 Å². The summed E-state index contributed by atoms with van der Waals surface area (Å²) in [5, 5.41) is 13.9. The second kappa shape index (κ2) is 28.3. The van der Waals surface area contributed by atoms with Crippen LogP contribution in [0.1, 0.15) is 111 Å². The van der Waals surface area contributed by atoms with Gasteiger partial charge in [-0.2, -0.15) is 0 Å². The zero-order chi connectivity index (χ0) is 57.8. The van der Waals surface area contributed by atoms with Crippen LogP contribution in [0.4, 0.5) is 65.6 Å². The van der Waals surface area contributed by atoms with E-state index >= 15 is 0 Å². The molecule has 3 heterocycles. The Labute approximate surface area is 457 Å². The highest BCUT2D eigenvalue weighted by Gasteiger charge is 2.38. The molecule has 3 aromatic rings. The third-order valence-corrected chi connectivity index (χ3v) is 11.5. The molecule has 25 heteroatoms. The van der Waals surface area contributed by atoms with Gasteiger partial charge < -0.3 is 44.7 Å². The van der Waals surface area contributed by atoms with E-state index in [1.165, 1.54) is 68.4 Å². The normalized spacial score (nSPS) is 16.0. The van der Waals surface area contributed by atoms with Gasteiger partial charge in [0, 0.05) is 78.6 Å². The van der Waals surface area contributed by atoms with Crippen LogP contribution in [0, 0.1) is 10.1 Å². The van der Waals surface area contributed by atoms with Crippen molar-refractivity contribution in [1.29, 1.82) is 0 Å². The minimum atomic E-state index is -0.562. The maximum atomic E-state index is 12.4. The van der Waals surface area contributed by atoms with E-state index < -0.39 is 35.1 Å². The molecule has 0 unspecified atom stereocenters. The van der Waals surface area contributed by atoms with E-state index in [0.717, 1.165) is 0 Å². The lowest BCUT2D eigenvalue weighted by Crippen LogP contribution is -2.51. The fourth-order valence-corrected chi connectivity index (χ4v) is 8.75. The minimum absolute atomic E-state index is 0. The van der Waals surface area contributed by atoms with E-state index in [0.29, 0.717) is 58.6 Å². The lowest BCUT2D eigenvalue weighted by Gasteiger charge is -2.40. The summed E-state index contributed by atoms with van der Waals surface area (Å²) in [6.45, 7) is 25.3. The Kier molecular flexibility index (Phi) is 24.0. The molecule has 3 N–H and O–H groups in total. The van der Waals surface area contributed by atoms with Crippen molar-refractivity contribution in [2.75, 3.05) is 60.1 Å². The maximum absolute atomic E-state index is 12.4. The first-order chi connectivity index (χ1) is 35.3. The number of hydrogen-bond donors (Lipinski definition) is 2. The smallest absolute Gasteiger partial charge is 0.414 e. The number of benzene rings is 3. The number of nitrogens with zero attached hydrogens (tertiary/aromatic N) is 7. The highest BCUT2D eigenvalue weighted by molar-refractivity contribution is 9.10. The Balaban J connectivity index is 0.000000370. The molecule has 422 valence electrons. The summed E-state index contributed by atoms with van der Waals surface area (Å²) in [7, 11) is 0. The zero-order valence-corrected chi connectivity index (χ0v) is 47.0. The fourth-order valence-electron chi connectivity index (χ4n) is 8.28. The van der Waals surface area contributed by atoms with Crippen LogP contribution in [-0.4, -0.2) is 115 Å². The number of anilines is 8. The third-order valence-electron chi connectivity index (χ3n) is 10.8. The van der Waals surface area contributed by atoms with Crippen molar-refractivity contribution in [3.05, 3.63) is 63.1 Å². The molecule has 0 spiro atoms. The standard InChI is InChI=1S/C17H23N3O4.C15H18BrN3O5.C15H21N3O3.C4H6O3.CH4/c1-10(2)24-17(23)19-9-11(3)20(13(5)22)16-8-14(18-12(4)21)6-7-15(16)19;1-8(2)24-15(21)17-7-9(3)18(10(4)20)14-6-12(19(22)23)11(16)5-13(14)17;1-9(2)21-15(20)17-8-10(3)18(11(4)19)14-7-12(16)5-6-13(14)17;1-3(5)7-4(2)6;/h6-8,10-11H,9H2,1-5H3,(H,18,21);5-6,8-9H,7H2,1-4H3;5-7,9-10H,8,16H2,1-4H3;1-2H3;1H4/t11-;9-;10-;;/m000../s1. The van der Waals surface area contributed by atoms with Crippen LogP contribution in [0.3, 0.4) is 0 Å². The average molecular weight is 1140 g/mol. The predicted octanol–water partition coefficient (Wildman–Crippen LogP) is 9.32. The van der Waals surface area contributed by atoms with Crippen LogP contribution < -0.4 is 40.4 Å². The number of nitrogens with two attached hydrogens (primary N) is 1. The van der Waals surface area contributed by atoms with Crippen LogP contribution in [0.5, 0.6) is 0 Å². The molecule has 3 aliphatic rings. The second-order valence-corrected chi connectivity index (χ2v) is 19.5. The van der Waals surface area contributed by atoms with E-state index in [1.807, 2.05) is 13.8 Å². The number of nitrogens with one attached hydrogen (secondary N) is 1. The van der Waals surface area contributed by atoms with Gasteiger partial charge >= 0.3 is 30.2 Å². The molecule has 0 aromatic heterocycles. The van der Waals surface area contributed by atoms with Gasteiger partial charge in [-0.25, -0.2) is 14.4 Å². The molecule has 0 radical (unpaired) electrons. The number of halogens is 1.